The average Bonchev–Trinajstić information content (AvgIpc) is 2.99. The minimum Gasteiger partial charge on any atom is -0.332 e. The number of amides is 1. The molecule has 2 unspecified atom stereocenters. The Morgan fingerprint density at radius 2 is 2.13 bits per heavy atom. The number of carbonyl (C=O) groups excluding carboxylic acids is 1. The van der Waals surface area contributed by atoms with E-state index < -0.39 is 0 Å². The van der Waals surface area contributed by atoms with E-state index in [2.05, 4.69) is 24.1 Å². The third-order valence-corrected chi connectivity index (χ3v) is 5.33. The number of rotatable bonds is 2. The van der Waals surface area contributed by atoms with Gasteiger partial charge in [0, 0.05) is 36.1 Å². The fourth-order valence-corrected chi connectivity index (χ4v) is 3.73. The van der Waals surface area contributed by atoms with Gasteiger partial charge in [-0.05, 0) is 19.9 Å². The summed E-state index contributed by atoms with van der Waals surface area (Å²) in [6.07, 6.45) is 0. The van der Waals surface area contributed by atoms with Crippen molar-refractivity contribution in [2.45, 2.75) is 25.9 Å². The normalized spacial score (nSPS) is 20.9. The molecule has 2 aromatic rings. The lowest BCUT2D eigenvalue weighted by Gasteiger charge is -2.38. The van der Waals surface area contributed by atoms with Gasteiger partial charge >= 0.3 is 0 Å². The first-order valence-corrected chi connectivity index (χ1v) is 8.58. The average molecular weight is 372 g/mol. The van der Waals surface area contributed by atoms with Crippen molar-refractivity contribution in [1.29, 1.82) is 0 Å². The van der Waals surface area contributed by atoms with E-state index in [-0.39, 0.29) is 24.4 Å². The van der Waals surface area contributed by atoms with Gasteiger partial charge in [0.1, 0.15) is 10.7 Å². The first-order valence-electron chi connectivity index (χ1n) is 7.32. The summed E-state index contributed by atoms with van der Waals surface area (Å²) >= 11 is 7.65. The van der Waals surface area contributed by atoms with Crippen molar-refractivity contribution in [2.75, 3.05) is 13.1 Å². The molecule has 2 heterocycles. The lowest BCUT2D eigenvalue weighted by Crippen LogP contribution is -2.57. The Morgan fingerprint density at radius 3 is 2.87 bits per heavy atom. The van der Waals surface area contributed by atoms with Crippen molar-refractivity contribution >= 4 is 41.3 Å². The van der Waals surface area contributed by atoms with Crippen LogP contribution >= 0.6 is 35.3 Å². The molecule has 0 radical (unpaired) electrons. The molecule has 1 aromatic heterocycles. The van der Waals surface area contributed by atoms with E-state index in [0.717, 1.165) is 17.1 Å². The Hall–Kier alpha value is -1.14. The number of thiazole rings is 1. The molecule has 1 fully saturated rings. The molecule has 1 N–H and O–H groups in total. The topological polar surface area (TPSA) is 45.2 Å². The van der Waals surface area contributed by atoms with Crippen LogP contribution in [0.2, 0.25) is 5.02 Å². The Labute approximate surface area is 151 Å². The first-order chi connectivity index (χ1) is 10.6. The molecule has 3 rings (SSSR count). The lowest BCUT2D eigenvalue weighted by molar-refractivity contribution is 0.0598. The van der Waals surface area contributed by atoms with Crippen LogP contribution in [0.3, 0.4) is 0 Å². The molecule has 1 aliphatic heterocycles. The molecule has 1 saturated heterocycles. The molecule has 1 aliphatic rings. The molecule has 1 amide bonds. The van der Waals surface area contributed by atoms with Gasteiger partial charge in [-0.3, -0.25) is 4.79 Å². The highest BCUT2D eigenvalue weighted by molar-refractivity contribution is 7.13. The highest BCUT2D eigenvalue weighted by atomic mass is 35.5. The van der Waals surface area contributed by atoms with Crippen molar-refractivity contribution in [1.82, 2.24) is 15.2 Å². The van der Waals surface area contributed by atoms with Gasteiger partial charge < -0.3 is 10.2 Å². The molecule has 1 aromatic carbocycles. The molecule has 0 spiro atoms. The number of aromatic nitrogens is 1. The van der Waals surface area contributed by atoms with Crippen LogP contribution in [0, 0.1) is 0 Å². The van der Waals surface area contributed by atoms with Crippen molar-refractivity contribution in [3.8, 4) is 10.6 Å². The number of carbonyl (C=O) groups is 1. The summed E-state index contributed by atoms with van der Waals surface area (Å²) in [6, 6.07) is 8.01. The highest BCUT2D eigenvalue weighted by Crippen LogP contribution is 2.30. The number of hydrogen-bond acceptors (Lipinski definition) is 4. The molecule has 0 bridgehead atoms. The van der Waals surface area contributed by atoms with Crippen molar-refractivity contribution in [2.24, 2.45) is 0 Å². The van der Waals surface area contributed by atoms with E-state index in [9.17, 15) is 4.79 Å². The quantitative estimate of drug-likeness (QED) is 0.874. The Morgan fingerprint density at radius 1 is 1.39 bits per heavy atom. The third kappa shape index (κ3) is 3.69. The van der Waals surface area contributed by atoms with Gasteiger partial charge in [-0.1, -0.05) is 29.8 Å². The van der Waals surface area contributed by atoms with E-state index in [1.165, 1.54) is 11.3 Å². The number of piperazine rings is 1. The minimum absolute atomic E-state index is 0. The van der Waals surface area contributed by atoms with Crippen LogP contribution in [0.1, 0.15) is 24.3 Å². The molecule has 0 aliphatic carbocycles. The Kier molecular flexibility index (Phi) is 6.03. The fraction of sp³-hybridized carbons (Fsp3) is 0.375. The molecule has 124 valence electrons. The Balaban J connectivity index is 0.00000192. The van der Waals surface area contributed by atoms with Crippen LogP contribution in [-0.4, -0.2) is 41.0 Å². The molecule has 0 saturated carbocycles. The number of benzene rings is 1. The Bertz CT molecular complexity index is 691. The van der Waals surface area contributed by atoms with E-state index in [1.807, 2.05) is 34.5 Å². The van der Waals surface area contributed by atoms with Gasteiger partial charge in [-0.2, -0.15) is 0 Å². The highest BCUT2D eigenvalue weighted by Gasteiger charge is 2.30. The van der Waals surface area contributed by atoms with Gasteiger partial charge in [0.05, 0.1) is 5.02 Å². The lowest BCUT2D eigenvalue weighted by atomic mass is 10.1. The van der Waals surface area contributed by atoms with E-state index in [1.54, 1.807) is 0 Å². The summed E-state index contributed by atoms with van der Waals surface area (Å²) in [6.45, 7) is 5.69. The second-order valence-corrected chi connectivity index (χ2v) is 6.76. The number of halogens is 2. The van der Waals surface area contributed by atoms with Crippen LogP contribution in [0.15, 0.2) is 29.6 Å². The van der Waals surface area contributed by atoms with Crippen molar-refractivity contribution < 1.29 is 4.79 Å². The van der Waals surface area contributed by atoms with Crippen LogP contribution in [-0.2, 0) is 0 Å². The number of nitrogens with one attached hydrogen (secondary N) is 1. The van der Waals surface area contributed by atoms with Gasteiger partial charge in [0.15, 0.2) is 0 Å². The van der Waals surface area contributed by atoms with Gasteiger partial charge in [-0.15, -0.1) is 23.7 Å². The number of hydrogen-bond donors (Lipinski definition) is 1. The minimum atomic E-state index is -0.00426. The van der Waals surface area contributed by atoms with Crippen LogP contribution < -0.4 is 5.32 Å². The molecular formula is C16H19Cl2N3OS. The molecule has 7 heteroatoms. The van der Waals surface area contributed by atoms with Crippen LogP contribution in [0.25, 0.3) is 10.6 Å². The summed E-state index contributed by atoms with van der Waals surface area (Å²) in [5.41, 5.74) is 1.37. The fourth-order valence-electron chi connectivity index (χ4n) is 2.62. The van der Waals surface area contributed by atoms with Crippen molar-refractivity contribution in [3.63, 3.8) is 0 Å². The predicted molar refractivity (Wildman–Crippen MR) is 97.8 cm³/mol. The zero-order chi connectivity index (χ0) is 15.7. The monoisotopic (exact) mass is 371 g/mol. The smallest absolute Gasteiger partial charge is 0.273 e. The van der Waals surface area contributed by atoms with Crippen molar-refractivity contribution in [3.05, 3.63) is 40.4 Å². The summed E-state index contributed by atoms with van der Waals surface area (Å²) in [7, 11) is 0. The molecule has 23 heavy (non-hydrogen) atoms. The van der Waals surface area contributed by atoms with Gasteiger partial charge in [0.2, 0.25) is 0 Å². The zero-order valence-electron chi connectivity index (χ0n) is 13.0. The standard InChI is InChI=1S/C16H18ClN3OS.ClH/c1-10-11(2)20(8-7-18-10)16(21)14-9-22-15(19-14)12-5-3-4-6-13(12)17;/h3-6,9-11,18H,7-8H2,1-2H3;1H. The molecule has 2 atom stereocenters. The first kappa shape index (κ1) is 18.2. The van der Waals surface area contributed by atoms with E-state index >= 15 is 0 Å². The van der Waals surface area contributed by atoms with E-state index in [4.69, 9.17) is 11.6 Å². The molecular weight excluding hydrogens is 353 g/mol. The SMILES string of the molecule is CC1NCCN(C(=O)c2csc(-c3ccccc3Cl)n2)C1C.Cl. The second kappa shape index (κ2) is 7.62. The summed E-state index contributed by atoms with van der Waals surface area (Å²) in [5, 5.41) is 6.63. The van der Waals surface area contributed by atoms with E-state index in [0.29, 0.717) is 23.3 Å². The van der Waals surface area contributed by atoms with Crippen LogP contribution in [0.5, 0.6) is 0 Å². The summed E-state index contributed by atoms with van der Waals surface area (Å²) < 4.78 is 0. The number of nitrogens with zero attached hydrogens (tertiary/aromatic N) is 2. The second-order valence-electron chi connectivity index (χ2n) is 5.50. The maximum atomic E-state index is 12.7. The molecule has 4 nitrogen and oxygen atoms in total. The maximum absolute atomic E-state index is 12.7. The van der Waals surface area contributed by atoms with Crippen LogP contribution in [0.4, 0.5) is 0 Å². The maximum Gasteiger partial charge on any atom is 0.273 e. The third-order valence-electron chi connectivity index (χ3n) is 4.12. The zero-order valence-corrected chi connectivity index (χ0v) is 15.3. The van der Waals surface area contributed by atoms with Gasteiger partial charge in [0.25, 0.3) is 5.91 Å². The van der Waals surface area contributed by atoms with Gasteiger partial charge in [-0.25, -0.2) is 4.98 Å². The summed E-state index contributed by atoms with van der Waals surface area (Å²) in [4.78, 5) is 19.1. The largest absolute Gasteiger partial charge is 0.332 e. The summed E-state index contributed by atoms with van der Waals surface area (Å²) in [5.74, 6) is -0.00426. The predicted octanol–water partition coefficient (Wildman–Crippen LogP) is 3.71.